The molecule has 0 N–H and O–H groups in total. The fourth-order valence-electron chi connectivity index (χ4n) is 3.08. The SMILES string of the molecule is CCN1C(=[N+]2CCCC2)N=C2C1C(=O)N(C)C(=O)N2C. The quantitative estimate of drug-likeness (QED) is 0.623. The van der Waals surface area contributed by atoms with Crippen LogP contribution >= 0.6 is 0 Å². The van der Waals surface area contributed by atoms with Crippen molar-refractivity contribution < 1.29 is 14.2 Å². The number of urea groups is 1. The van der Waals surface area contributed by atoms with Gasteiger partial charge in [0.25, 0.3) is 5.91 Å². The third-order valence-corrected chi connectivity index (χ3v) is 4.24. The summed E-state index contributed by atoms with van der Waals surface area (Å²) in [7, 11) is 3.21. The van der Waals surface area contributed by atoms with Crippen molar-refractivity contribution in [1.29, 1.82) is 0 Å². The van der Waals surface area contributed by atoms with Crippen molar-refractivity contribution in [3.8, 4) is 0 Å². The molecule has 0 bridgehead atoms. The Hall–Kier alpha value is -1.92. The van der Waals surface area contributed by atoms with Crippen LogP contribution in [0.1, 0.15) is 19.8 Å². The molecule has 0 aromatic carbocycles. The number of carbonyl (C=O) groups is 2. The molecule has 20 heavy (non-hydrogen) atoms. The smallest absolute Gasteiger partial charge is 0.270 e. The molecule has 0 aliphatic carbocycles. The van der Waals surface area contributed by atoms with E-state index in [0.717, 1.165) is 31.9 Å². The Balaban J connectivity index is 2.07. The Labute approximate surface area is 118 Å². The summed E-state index contributed by atoms with van der Waals surface area (Å²) in [6.45, 7) is 4.65. The minimum Gasteiger partial charge on any atom is -0.270 e. The normalized spacial score (nSPS) is 26.6. The van der Waals surface area contributed by atoms with Crippen LogP contribution in [-0.4, -0.2) is 82.8 Å². The number of carbonyl (C=O) groups excluding carboxylic acids is 2. The van der Waals surface area contributed by atoms with Gasteiger partial charge in [0.05, 0.1) is 19.6 Å². The van der Waals surface area contributed by atoms with Gasteiger partial charge < -0.3 is 0 Å². The lowest BCUT2D eigenvalue weighted by molar-refractivity contribution is -0.511. The number of hydrogen-bond acceptors (Lipinski definition) is 2. The van der Waals surface area contributed by atoms with Crippen molar-refractivity contribution >= 4 is 23.7 Å². The lowest BCUT2D eigenvalue weighted by atomic mass is 10.1. The first-order valence-corrected chi connectivity index (χ1v) is 7.08. The summed E-state index contributed by atoms with van der Waals surface area (Å²) in [5.74, 6) is 1.21. The number of fused-ring (bicyclic) bond motifs is 1. The zero-order valence-electron chi connectivity index (χ0n) is 12.2. The molecular formula is C13H20N5O2+. The lowest BCUT2D eigenvalue weighted by Crippen LogP contribution is -2.62. The molecule has 2 saturated heterocycles. The first-order valence-electron chi connectivity index (χ1n) is 7.08. The van der Waals surface area contributed by atoms with E-state index in [0.29, 0.717) is 12.4 Å². The highest BCUT2D eigenvalue weighted by molar-refractivity contribution is 6.25. The average Bonchev–Trinajstić information content (AvgIpc) is 3.08. The maximum Gasteiger partial charge on any atom is 0.392 e. The first kappa shape index (κ1) is 13.1. The molecule has 2 fully saturated rings. The van der Waals surface area contributed by atoms with Crippen molar-refractivity contribution in [2.45, 2.75) is 25.8 Å². The summed E-state index contributed by atoms with van der Waals surface area (Å²) in [5.41, 5.74) is 0. The number of guanidine groups is 1. The zero-order chi connectivity index (χ0) is 14.4. The molecule has 0 radical (unpaired) electrons. The summed E-state index contributed by atoms with van der Waals surface area (Å²) in [5, 5.41) is 0. The van der Waals surface area contributed by atoms with Crippen LogP contribution in [0.3, 0.4) is 0 Å². The monoisotopic (exact) mass is 278 g/mol. The van der Waals surface area contributed by atoms with Gasteiger partial charge in [-0.2, -0.15) is 0 Å². The first-order chi connectivity index (χ1) is 9.56. The minimum absolute atomic E-state index is 0.192. The van der Waals surface area contributed by atoms with Crippen LogP contribution in [0.25, 0.3) is 0 Å². The van der Waals surface area contributed by atoms with Gasteiger partial charge in [-0.3, -0.25) is 19.2 Å². The Bertz CT molecular complexity index is 531. The van der Waals surface area contributed by atoms with Crippen LogP contribution < -0.4 is 0 Å². The van der Waals surface area contributed by atoms with E-state index < -0.39 is 6.04 Å². The van der Waals surface area contributed by atoms with Crippen LogP contribution in [0.5, 0.6) is 0 Å². The molecule has 108 valence electrons. The molecule has 3 aliphatic heterocycles. The maximum atomic E-state index is 12.4. The Kier molecular flexibility index (Phi) is 2.99. The van der Waals surface area contributed by atoms with Crippen LogP contribution in [0.4, 0.5) is 4.79 Å². The number of likely N-dealkylation sites (N-methyl/N-ethyl adjacent to an activating group) is 3. The standard InChI is InChI=1S/C13H20N5O2/c1-4-18-9-10(14-12(18)17-7-5-6-8-17)15(2)13(20)16(3)11(9)19/h9H,4-8H2,1-3H3/q+1. The molecule has 1 atom stereocenters. The predicted molar refractivity (Wildman–Crippen MR) is 73.8 cm³/mol. The van der Waals surface area contributed by atoms with Crippen molar-refractivity contribution in [2.24, 2.45) is 4.99 Å². The van der Waals surface area contributed by atoms with Crippen LogP contribution in [0.15, 0.2) is 4.99 Å². The van der Waals surface area contributed by atoms with Gasteiger partial charge in [-0.25, -0.2) is 9.69 Å². The van der Waals surface area contributed by atoms with Gasteiger partial charge in [0.15, 0.2) is 0 Å². The second kappa shape index (κ2) is 4.57. The molecule has 0 saturated carbocycles. The van der Waals surface area contributed by atoms with E-state index in [1.54, 1.807) is 7.05 Å². The molecular weight excluding hydrogens is 258 g/mol. The highest BCUT2D eigenvalue weighted by Gasteiger charge is 2.54. The predicted octanol–water partition coefficient (Wildman–Crippen LogP) is -0.225. The number of nitrogens with zero attached hydrogens (tertiary/aromatic N) is 5. The third kappa shape index (κ3) is 1.65. The van der Waals surface area contributed by atoms with E-state index in [1.807, 2.05) is 11.8 Å². The summed E-state index contributed by atoms with van der Waals surface area (Å²) in [6.07, 6.45) is 2.30. The average molecular weight is 278 g/mol. The van der Waals surface area contributed by atoms with Gasteiger partial charge in [-0.15, -0.1) is 0 Å². The maximum absolute atomic E-state index is 12.4. The number of rotatable bonds is 1. The molecule has 3 aliphatic rings. The summed E-state index contributed by atoms with van der Waals surface area (Å²) >= 11 is 0. The van der Waals surface area contributed by atoms with Gasteiger partial charge in [-0.1, -0.05) is 4.99 Å². The lowest BCUT2D eigenvalue weighted by Gasteiger charge is -2.32. The molecule has 3 rings (SSSR count). The molecule has 0 aromatic heterocycles. The Morgan fingerprint density at radius 1 is 1.20 bits per heavy atom. The van der Waals surface area contributed by atoms with Crippen LogP contribution in [-0.2, 0) is 4.79 Å². The van der Waals surface area contributed by atoms with Crippen molar-refractivity contribution in [3.63, 3.8) is 0 Å². The third-order valence-electron chi connectivity index (χ3n) is 4.24. The molecule has 1 unspecified atom stereocenters. The van der Waals surface area contributed by atoms with Crippen molar-refractivity contribution in [1.82, 2.24) is 14.7 Å². The Morgan fingerprint density at radius 3 is 2.45 bits per heavy atom. The Morgan fingerprint density at radius 2 is 1.85 bits per heavy atom. The molecule has 3 heterocycles. The van der Waals surface area contributed by atoms with E-state index in [4.69, 9.17) is 0 Å². The number of amides is 3. The largest absolute Gasteiger partial charge is 0.392 e. The highest BCUT2D eigenvalue weighted by atomic mass is 16.2. The van der Waals surface area contributed by atoms with E-state index in [-0.39, 0.29) is 11.9 Å². The second-order valence-corrected chi connectivity index (χ2v) is 5.39. The minimum atomic E-state index is -0.455. The van der Waals surface area contributed by atoms with Gasteiger partial charge >= 0.3 is 12.0 Å². The molecule has 3 amide bonds. The summed E-state index contributed by atoms with van der Waals surface area (Å²) in [6, 6.07) is -0.771. The van der Waals surface area contributed by atoms with Crippen molar-refractivity contribution in [3.05, 3.63) is 0 Å². The van der Waals surface area contributed by atoms with E-state index in [2.05, 4.69) is 9.57 Å². The number of aliphatic imine (C=N–C) groups is 1. The molecule has 0 spiro atoms. The van der Waals surface area contributed by atoms with Gasteiger partial charge in [-0.05, 0) is 19.8 Å². The summed E-state index contributed by atoms with van der Waals surface area (Å²) < 4.78 is 2.21. The van der Waals surface area contributed by atoms with Crippen LogP contribution in [0, 0.1) is 0 Å². The van der Waals surface area contributed by atoms with E-state index in [1.165, 1.54) is 16.8 Å². The summed E-state index contributed by atoms with van der Waals surface area (Å²) in [4.78, 5) is 33.7. The topological polar surface area (TPSA) is 59.2 Å². The van der Waals surface area contributed by atoms with Gasteiger partial charge in [0.2, 0.25) is 11.9 Å². The number of imide groups is 1. The van der Waals surface area contributed by atoms with E-state index in [9.17, 15) is 9.59 Å². The molecule has 0 aromatic rings. The fourth-order valence-corrected chi connectivity index (χ4v) is 3.08. The van der Waals surface area contributed by atoms with E-state index >= 15 is 0 Å². The van der Waals surface area contributed by atoms with Gasteiger partial charge in [0, 0.05) is 14.1 Å². The fraction of sp³-hybridized carbons (Fsp3) is 0.692. The zero-order valence-corrected chi connectivity index (χ0v) is 12.2. The molecule has 7 heteroatoms. The van der Waals surface area contributed by atoms with Gasteiger partial charge in [0.1, 0.15) is 0 Å². The number of hydrogen-bond donors (Lipinski definition) is 0. The van der Waals surface area contributed by atoms with Crippen LogP contribution in [0.2, 0.25) is 0 Å². The van der Waals surface area contributed by atoms with Crippen molar-refractivity contribution in [2.75, 3.05) is 33.7 Å². The number of amidine groups is 1. The second-order valence-electron chi connectivity index (χ2n) is 5.39. The molecule has 7 nitrogen and oxygen atoms in total. The highest BCUT2D eigenvalue weighted by Crippen LogP contribution is 2.23.